The number of carbonyl (C=O) groups is 2. The molecule has 0 atom stereocenters. The number of rotatable bonds is 9. The van der Waals surface area contributed by atoms with Gasteiger partial charge in [-0.1, -0.05) is 41.9 Å². The average molecular weight is 540 g/mol. The van der Waals surface area contributed by atoms with Gasteiger partial charge in [0.15, 0.2) is 0 Å². The zero-order chi connectivity index (χ0) is 27.1. The molecule has 0 bridgehead atoms. The van der Waals surface area contributed by atoms with Crippen LogP contribution in [0.4, 0.5) is 5.69 Å². The van der Waals surface area contributed by atoms with E-state index in [9.17, 15) is 14.7 Å². The maximum absolute atomic E-state index is 13.7. The van der Waals surface area contributed by atoms with E-state index in [0.29, 0.717) is 43.4 Å². The Balaban J connectivity index is 1.30. The second-order valence-corrected chi connectivity index (χ2v) is 11.4. The molecular weight excluding hydrogens is 498 g/mol. The molecule has 2 aliphatic heterocycles. The minimum atomic E-state index is -0.0622. The topological polar surface area (TPSA) is 64.1 Å². The SMILES string of the molecule is CC(=O)N1CCC(C(=O)N(CCCN2CCC(Cc3ccc(CO)cc3)CC2)c2ccc(C)c(Cl)c2)CC1. The molecule has 2 aromatic rings. The normalized spacial score (nSPS) is 17.5. The lowest BCUT2D eigenvalue weighted by Gasteiger charge is -2.35. The Hall–Kier alpha value is -2.41. The number of halogens is 1. The highest BCUT2D eigenvalue weighted by molar-refractivity contribution is 6.31. The first kappa shape index (κ1) is 28.6. The average Bonchev–Trinajstić information content (AvgIpc) is 2.94. The van der Waals surface area contributed by atoms with Gasteiger partial charge in [-0.3, -0.25) is 9.59 Å². The minimum absolute atomic E-state index is 0.0622. The first-order chi connectivity index (χ1) is 18.3. The number of aryl methyl sites for hydroxylation is 1. The zero-order valence-electron chi connectivity index (χ0n) is 22.9. The van der Waals surface area contributed by atoms with Crippen LogP contribution >= 0.6 is 11.6 Å². The zero-order valence-corrected chi connectivity index (χ0v) is 23.6. The predicted molar refractivity (Wildman–Crippen MR) is 153 cm³/mol. The number of anilines is 1. The van der Waals surface area contributed by atoms with Gasteiger partial charge in [0.1, 0.15) is 0 Å². The molecule has 206 valence electrons. The Morgan fingerprint density at radius 3 is 2.24 bits per heavy atom. The number of aliphatic hydroxyl groups is 1. The van der Waals surface area contributed by atoms with Crippen LogP contribution in [0.15, 0.2) is 42.5 Å². The highest BCUT2D eigenvalue weighted by Gasteiger charge is 2.30. The van der Waals surface area contributed by atoms with E-state index in [1.807, 2.05) is 47.1 Å². The number of hydrogen-bond acceptors (Lipinski definition) is 4. The van der Waals surface area contributed by atoms with Crippen molar-refractivity contribution >= 4 is 29.1 Å². The van der Waals surface area contributed by atoms with E-state index in [1.54, 1.807) is 6.92 Å². The summed E-state index contributed by atoms with van der Waals surface area (Å²) in [4.78, 5) is 31.7. The number of amides is 2. The quantitative estimate of drug-likeness (QED) is 0.483. The van der Waals surface area contributed by atoms with Crippen molar-refractivity contribution in [2.45, 2.75) is 59.0 Å². The molecule has 0 aliphatic carbocycles. The molecule has 2 aromatic carbocycles. The fraction of sp³-hybridized carbons (Fsp3) is 0.548. The molecule has 2 saturated heterocycles. The van der Waals surface area contributed by atoms with Crippen LogP contribution in [0.3, 0.4) is 0 Å². The van der Waals surface area contributed by atoms with E-state index in [4.69, 9.17) is 11.6 Å². The Bertz CT molecular complexity index is 1070. The number of likely N-dealkylation sites (tertiary alicyclic amines) is 2. The molecule has 0 unspecified atom stereocenters. The number of piperidine rings is 2. The van der Waals surface area contributed by atoms with Crippen LogP contribution in [-0.2, 0) is 22.6 Å². The standard InChI is InChI=1S/C31H42ClN3O3/c1-23-4-9-29(21-30(23)32)35(31(38)28-12-18-34(19-13-28)24(2)37)15-3-14-33-16-10-26(11-17-33)20-25-5-7-27(22-36)8-6-25/h4-9,21,26,28,36H,3,10-20,22H2,1-2H3. The second-order valence-electron chi connectivity index (χ2n) is 11.0. The Labute approximate surface area is 232 Å². The third-order valence-electron chi connectivity index (χ3n) is 8.32. The summed E-state index contributed by atoms with van der Waals surface area (Å²) in [7, 11) is 0. The number of nitrogens with zero attached hydrogens (tertiary/aromatic N) is 3. The molecule has 0 saturated carbocycles. The van der Waals surface area contributed by atoms with E-state index < -0.39 is 0 Å². The van der Waals surface area contributed by atoms with Gasteiger partial charge in [0.25, 0.3) is 0 Å². The molecule has 7 heteroatoms. The smallest absolute Gasteiger partial charge is 0.230 e. The van der Waals surface area contributed by atoms with Crippen LogP contribution in [0.5, 0.6) is 0 Å². The van der Waals surface area contributed by atoms with Gasteiger partial charge in [-0.25, -0.2) is 0 Å². The van der Waals surface area contributed by atoms with E-state index in [0.717, 1.165) is 49.3 Å². The highest BCUT2D eigenvalue weighted by Crippen LogP contribution is 2.28. The maximum Gasteiger partial charge on any atom is 0.230 e. The van der Waals surface area contributed by atoms with Gasteiger partial charge >= 0.3 is 0 Å². The molecule has 0 aromatic heterocycles. The summed E-state index contributed by atoms with van der Waals surface area (Å²) in [5.74, 6) is 0.869. The van der Waals surface area contributed by atoms with Gasteiger partial charge in [-0.2, -0.15) is 0 Å². The van der Waals surface area contributed by atoms with Crippen molar-refractivity contribution in [1.82, 2.24) is 9.80 Å². The second kappa shape index (κ2) is 13.6. The molecule has 6 nitrogen and oxygen atoms in total. The van der Waals surface area contributed by atoms with Gasteiger partial charge < -0.3 is 19.8 Å². The molecule has 1 N–H and O–H groups in total. The van der Waals surface area contributed by atoms with Crippen molar-refractivity contribution in [3.63, 3.8) is 0 Å². The lowest BCUT2D eigenvalue weighted by Crippen LogP contribution is -2.45. The van der Waals surface area contributed by atoms with Crippen molar-refractivity contribution in [3.8, 4) is 0 Å². The molecule has 2 aliphatic rings. The minimum Gasteiger partial charge on any atom is -0.392 e. The number of carbonyl (C=O) groups excluding carboxylic acids is 2. The van der Waals surface area contributed by atoms with Gasteiger partial charge in [0, 0.05) is 43.2 Å². The third kappa shape index (κ3) is 7.58. The predicted octanol–water partition coefficient (Wildman–Crippen LogP) is 5.08. The van der Waals surface area contributed by atoms with Crippen LogP contribution in [0.1, 0.15) is 55.7 Å². The Kier molecular flexibility index (Phi) is 10.2. The maximum atomic E-state index is 13.7. The van der Waals surface area contributed by atoms with Crippen molar-refractivity contribution in [1.29, 1.82) is 0 Å². The summed E-state index contributed by atoms with van der Waals surface area (Å²) in [6, 6.07) is 14.2. The molecule has 2 amide bonds. The van der Waals surface area contributed by atoms with Gasteiger partial charge in [-0.05, 0) is 99.8 Å². The van der Waals surface area contributed by atoms with E-state index in [1.165, 1.54) is 18.4 Å². The van der Waals surface area contributed by atoms with E-state index >= 15 is 0 Å². The molecule has 0 spiro atoms. The lowest BCUT2D eigenvalue weighted by atomic mass is 9.90. The Morgan fingerprint density at radius 2 is 1.63 bits per heavy atom. The van der Waals surface area contributed by atoms with Gasteiger partial charge in [0.2, 0.25) is 11.8 Å². The number of aliphatic hydroxyl groups excluding tert-OH is 1. The molecule has 4 rings (SSSR count). The van der Waals surface area contributed by atoms with Gasteiger partial charge in [-0.15, -0.1) is 0 Å². The van der Waals surface area contributed by atoms with Crippen LogP contribution in [-0.4, -0.2) is 66.0 Å². The van der Waals surface area contributed by atoms with Crippen molar-refractivity contribution in [2.24, 2.45) is 11.8 Å². The monoisotopic (exact) mass is 539 g/mol. The summed E-state index contributed by atoms with van der Waals surface area (Å²) in [6.07, 6.45) is 5.81. The van der Waals surface area contributed by atoms with Crippen molar-refractivity contribution < 1.29 is 14.7 Å². The molecule has 0 radical (unpaired) electrons. The molecule has 2 fully saturated rings. The largest absolute Gasteiger partial charge is 0.392 e. The summed E-state index contributed by atoms with van der Waals surface area (Å²) in [5.41, 5.74) is 4.18. The number of benzene rings is 2. The summed E-state index contributed by atoms with van der Waals surface area (Å²) < 4.78 is 0. The molecule has 2 heterocycles. The fourth-order valence-electron chi connectivity index (χ4n) is 5.76. The van der Waals surface area contributed by atoms with Crippen LogP contribution in [0.2, 0.25) is 5.02 Å². The highest BCUT2D eigenvalue weighted by atomic mass is 35.5. The summed E-state index contributed by atoms with van der Waals surface area (Å²) >= 11 is 6.44. The first-order valence-electron chi connectivity index (χ1n) is 14.1. The first-order valence-corrected chi connectivity index (χ1v) is 14.5. The van der Waals surface area contributed by atoms with E-state index in [2.05, 4.69) is 17.0 Å². The Morgan fingerprint density at radius 1 is 0.974 bits per heavy atom. The summed E-state index contributed by atoms with van der Waals surface area (Å²) in [5, 5.41) is 9.93. The van der Waals surface area contributed by atoms with Crippen LogP contribution < -0.4 is 4.90 Å². The summed E-state index contributed by atoms with van der Waals surface area (Å²) in [6.45, 7) is 8.79. The van der Waals surface area contributed by atoms with Crippen molar-refractivity contribution in [2.75, 3.05) is 44.2 Å². The van der Waals surface area contributed by atoms with Crippen molar-refractivity contribution in [3.05, 3.63) is 64.2 Å². The van der Waals surface area contributed by atoms with E-state index in [-0.39, 0.29) is 24.3 Å². The third-order valence-corrected chi connectivity index (χ3v) is 8.72. The van der Waals surface area contributed by atoms with Gasteiger partial charge in [0.05, 0.1) is 6.61 Å². The molecule has 38 heavy (non-hydrogen) atoms. The molecular formula is C31H42ClN3O3. The fourth-order valence-corrected chi connectivity index (χ4v) is 5.93. The number of hydrogen-bond donors (Lipinski definition) is 1. The lowest BCUT2D eigenvalue weighted by molar-refractivity contribution is -0.133. The van der Waals surface area contributed by atoms with Crippen LogP contribution in [0, 0.1) is 18.8 Å². The van der Waals surface area contributed by atoms with Crippen LogP contribution in [0.25, 0.3) is 0 Å².